The lowest BCUT2D eigenvalue weighted by Crippen LogP contribution is -2.17. The number of aromatic amines is 1. The molecule has 0 fully saturated rings. The minimum atomic E-state index is -0.386. The minimum absolute atomic E-state index is 0.299. The SMILES string of the molecule is COc1ccc(-c2cc(C(=O)NN=Cc3ccc(Br)cc3)[nH]n2)cc1OC. The van der Waals surface area contributed by atoms with E-state index in [1.165, 1.54) is 0 Å². The molecule has 0 atom stereocenters. The Kier molecular flexibility index (Phi) is 5.87. The number of hydrazone groups is 1. The number of rotatable bonds is 6. The van der Waals surface area contributed by atoms with Crippen molar-refractivity contribution in [2.45, 2.75) is 0 Å². The number of ether oxygens (including phenoxy) is 2. The molecule has 2 N–H and O–H groups in total. The predicted molar refractivity (Wildman–Crippen MR) is 106 cm³/mol. The maximum absolute atomic E-state index is 12.2. The highest BCUT2D eigenvalue weighted by molar-refractivity contribution is 9.10. The van der Waals surface area contributed by atoms with Crippen molar-refractivity contribution in [2.75, 3.05) is 14.2 Å². The summed E-state index contributed by atoms with van der Waals surface area (Å²) in [5.41, 5.74) is 5.04. The van der Waals surface area contributed by atoms with Gasteiger partial charge in [0.1, 0.15) is 5.69 Å². The summed E-state index contributed by atoms with van der Waals surface area (Å²) in [4.78, 5) is 12.2. The molecule has 1 amide bonds. The number of nitrogens with one attached hydrogen (secondary N) is 2. The third-order valence-corrected chi connectivity index (χ3v) is 4.28. The lowest BCUT2D eigenvalue weighted by Gasteiger charge is -2.08. The molecule has 0 unspecified atom stereocenters. The largest absolute Gasteiger partial charge is 0.493 e. The Bertz CT molecular complexity index is 967. The summed E-state index contributed by atoms with van der Waals surface area (Å²) < 4.78 is 11.5. The first-order valence-corrected chi connectivity index (χ1v) is 8.77. The van der Waals surface area contributed by atoms with Gasteiger partial charge < -0.3 is 9.47 Å². The molecule has 1 aromatic heterocycles. The van der Waals surface area contributed by atoms with Crippen molar-refractivity contribution in [1.82, 2.24) is 15.6 Å². The number of H-pyrrole nitrogens is 1. The lowest BCUT2D eigenvalue weighted by atomic mass is 10.1. The Balaban J connectivity index is 1.69. The fourth-order valence-electron chi connectivity index (χ4n) is 2.36. The van der Waals surface area contributed by atoms with Crippen molar-refractivity contribution in [1.29, 1.82) is 0 Å². The van der Waals surface area contributed by atoms with E-state index in [2.05, 4.69) is 36.7 Å². The van der Waals surface area contributed by atoms with E-state index in [9.17, 15) is 4.79 Å². The van der Waals surface area contributed by atoms with Crippen LogP contribution in [0, 0.1) is 0 Å². The number of hydrogen-bond acceptors (Lipinski definition) is 5. The van der Waals surface area contributed by atoms with Gasteiger partial charge in [-0.2, -0.15) is 10.2 Å². The zero-order valence-corrected chi connectivity index (χ0v) is 16.3. The van der Waals surface area contributed by atoms with Crippen LogP contribution in [0.4, 0.5) is 0 Å². The van der Waals surface area contributed by atoms with Gasteiger partial charge in [-0.05, 0) is 42.0 Å². The fourth-order valence-corrected chi connectivity index (χ4v) is 2.62. The van der Waals surface area contributed by atoms with E-state index < -0.39 is 0 Å². The first-order valence-electron chi connectivity index (χ1n) is 7.97. The second-order valence-corrected chi connectivity index (χ2v) is 6.40. The highest BCUT2D eigenvalue weighted by Crippen LogP contribution is 2.31. The van der Waals surface area contributed by atoms with Gasteiger partial charge >= 0.3 is 0 Å². The van der Waals surface area contributed by atoms with Crippen molar-refractivity contribution >= 4 is 28.1 Å². The number of methoxy groups -OCH3 is 2. The van der Waals surface area contributed by atoms with Crippen molar-refractivity contribution in [3.05, 3.63) is 64.3 Å². The van der Waals surface area contributed by atoms with E-state index >= 15 is 0 Å². The lowest BCUT2D eigenvalue weighted by molar-refractivity contribution is 0.0950. The third kappa shape index (κ3) is 4.53. The number of nitrogens with zero attached hydrogens (tertiary/aromatic N) is 2. The minimum Gasteiger partial charge on any atom is -0.493 e. The average Bonchev–Trinajstić information content (AvgIpc) is 3.19. The number of halogens is 1. The first kappa shape index (κ1) is 18.7. The van der Waals surface area contributed by atoms with Crippen LogP contribution in [0.15, 0.2) is 58.1 Å². The summed E-state index contributed by atoms with van der Waals surface area (Å²) >= 11 is 3.37. The van der Waals surface area contributed by atoms with E-state index in [0.29, 0.717) is 22.9 Å². The van der Waals surface area contributed by atoms with Crippen LogP contribution >= 0.6 is 15.9 Å². The number of carbonyl (C=O) groups excluding carboxylic acids is 1. The van der Waals surface area contributed by atoms with Crippen molar-refractivity contribution in [2.24, 2.45) is 5.10 Å². The molecule has 27 heavy (non-hydrogen) atoms. The van der Waals surface area contributed by atoms with Crippen LogP contribution < -0.4 is 14.9 Å². The monoisotopic (exact) mass is 428 g/mol. The Morgan fingerprint density at radius 2 is 1.85 bits per heavy atom. The smallest absolute Gasteiger partial charge is 0.289 e. The number of amides is 1. The standard InChI is InChI=1S/C19H17BrN4O3/c1-26-17-8-5-13(9-18(17)27-2)15-10-16(23-22-15)19(25)24-21-11-12-3-6-14(20)7-4-12/h3-11H,1-2H3,(H,22,23)(H,24,25). The van der Waals surface area contributed by atoms with Gasteiger partial charge in [-0.1, -0.05) is 28.1 Å². The summed E-state index contributed by atoms with van der Waals surface area (Å²) in [6.45, 7) is 0. The molecule has 138 valence electrons. The van der Waals surface area contributed by atoms with Crippen LogP contribution in [0.5, 0.6) is 11.5 Å². The Hall–Kier alpha value is -3.13. The summed E-state index contributed by atoms with van der Waals surface area (Å²) in [5, 5.41) is 10.8. The average molecular weight is 429 g/mol. The molecule has 3 aromatic rings. The van der Waals surface area contributed by atoms with Gasteiger partial charge in [0.05, 0.1) is 26.1 Å². The second kappa shape index (κ2) is 8.50. The van der Waals surface area contributed by atoms with E-state index in [4.69, 9.17) is 9.47 Å². The maximum Gasteiger partial charge on any atom is 0.289 e. The Labute approximate surface area is 164 Å². The highest BCUT2D eigenvalue weighted by atomic mass is 79.9. The summed E-state index contributed by atoms with van der Waals surface area (Å²) in [6, 6.07) is 14.6. The number of hydrogen-bond donors (Lipinski definition) is 2. The molecule has 0 aliphatic heterocycles. The zero-order valence-electron chi connectivity index (χ0n) is 14.7. The summed E-state index contributed by atoms with van der Waals surface area (Å²) in [7, 11) is 3.14. The van der Waals surface area contributed by atoms with Gasteiger partial charge in [0.2, 0.25) is 0 Å². The molecule has 0 aliphatic carbocycles. The predicted octanol–water partition coefficient (Wildman–Crippen LogP) is 3.62. The van der Waals surface area contributed by atoms with Crippen LogP contribution in [0.1, 0.15) is 16.1 Å². The van der Waals surface area contributed by atoms with Gasteiger partial charge in [-0.25, -0.2) is 5.43 Å². The molecule has 8 heteroatoms. The maximum atomic E-state index is 12.2. The number of benzene rings is 2. The van der Waals surface area contributed by atoms with Gasteiger partial charge in [-0.3, -0.25) is 9.89 Å². The Morgan fingerprint density at radius 1 is 1.11 bits per heavy atom. The normalized spacial score (nSPS) is 10.8. The van der Waals surface area contributed by atoms with Crippen LogP contribution in [0.3, 0.4) is 0 Å². The van der Waals surface area contributed by atoms with Gasteiger partial charge in [0.15, 0.2) is 11.5 Å². The van der Waals surface area contributed by atoms with Crippen molar-refractivity contribution in [3.63, 3.8) is 0 Å². The summed E-state index contributed by atoms with van der Waals surface area (Å²) in [6.07, 6.45) is 1.57. The summed E-state index contributed by atoms with van der Waals surface area (Å²) in [5.74, 6) is 0.822. The van der Waals surface area contributed by atoms with Crippen molar-refractivity contribution in [3.8, 4) is 22.8 Å². The molecular formula is C19H17BrN4O3. The van der Waals surface area contributed by atoms with Crippen LogP contribution in [-0.4, -0.2) is 36.5 Å². The topological polar surface area (TPSA) is 88.6 Å². The molecule has 0 saturated heterocycles. The molecule has 7 nitrogen and oxygen atoms in total. The van der Waals surface area contributed by atoms with E-state index in [-0.39, 0.29) is 5.91 Å². The zero-order chi connectivity index (χ0) is 19.2. The first-order chi connectivity index (χ1) is 13.1. The number of aromatic nitrogens is 2. The molecule has 0 spiro atoms. The van der Waals surface area contributed by atoms with Gasteiger partial charge in [0.25, 0.3) is 5.91 Å². The molecule has 0 bridgehead atoms. The Morgan fingerprint density at radius 3 is 2.56 bits per heavy atom. The van der Waals surface area contributed by atoms with Crippen LogP contribution in [-0.2, 0) is 0 Å². The molecule has 0 radical (unpaired) electrons. The third-order valence-electron chi connectivity index (χ3n) is 3.75. The van der Waals surface area contributed by atoms with Crippen molar-refractivity contribution < 1.29 is 14.3 Å². The molecule has 1 heterocycles. The quantitative estimate of drug-likeness (QED) is 0.463. The molecular weight excluding hydrogens is 412 g/mol. The molecule has 0 aliphatic rings. The van der Waals surface area contributed by atoms with Crippen LogP contribution in [0.2, 0.25) is 0 Å². The van der Waals surface area contributed by atoms with Crippen LogP contribution in [0.25, 0.3) is 11.3 Å². The van der Waals surface area contributed by atoms with E-state index in [1.54, 1.807) is 38.6 Å². The molecule has 0 saturated carbocycles. The number of carbonyl (C=O) groups is 1. The van der Waals surface area contributed by atoms with Gasteiger partial charge in [0, 0.05) is 10.0 Å². The molecule has 2 aromatic carbocycles. The van der Waals surface area contributed by atoms with Gasteiger partial charge in [-0.15, -0.1) is 0 Å². The fraction of sp³-hybridized carbons (Fsp3) is 0.105. The second-order valence-electron chi connectivity index (χ2n) is 5.49. The van der Waals surface area contributed by atoms with E-state index in [1.807, 2.05) is 30.3 Å². The molecule has 3 rings (SSSR count). The highest BCUT2D eigenvalue weighted by Gasteiger charge is 2.12. The van der Waals surface area contributed by atoms with E-state index in [0.717, 1.165) is 15.6 Å².